The quantitative estimate of drug-likeness (QED) is 0.340. The number of cyclic esters (lactones) is 1. The van der Waals surface area contributed by atoms with Gasteiger partial charge in [0.05, 0.1) is 12.7 Å². The molecular formula is C21H20INO4. The zero-order valence-corrected chi connectivity index (χ0v) is 17.5. The van der Waals surface area contributed by atoms with Crippen LogP contribution in [0.5, 0.6) is 11.5 Å². The van der Waals surface area contributed by atoms with Crippen molar-refractivity contribution >= 4 is 40.5 Å². The number of rotatable bonds is 6. The van der Waals surface area contributed by atoms with Crippen molar-refractivity contribution in [2.75, 3.05) is 6.61 Å². The number of halogens is 1. The minimum atomic E-state index is -0.469. The van der Waals surface area contributed by atoms with Crippen LogP contribution in [0.1, 0.15) is 31.9 Å². The summed E-state index contributed by atoms with van der Waals surface area (Å²) in [5.41, 5.74) is 1.81. The highest BCUT2D eigenvalue weighted by Crippen LogP contribution is 2.31. The van der Waals surface area contributed by atoms with E-state index in [1.165, 1.54) is 0 Å². The fourth-order valence-corrected chi connectivity index (χ4v) is 2.88. The van der Waals surface area contributed by atoms with Gasteiger partial charge in [-0.1, -0.05) is 6.07 Å². The lowest BCUT2D eigenvalue weighted by atomic mass is 10.1. The summed E-state index contributed by atoms with van der Waals surface area (Å²) >= 11 is 2.22. The lowest BCUT2D eigenvalue weighted by molar-refractivity contribution is -0.129. The van der Waals surface area contributed by atoms with E-state index in [4.69, 9.17) is 14.2 Å². The number of carbonyl (C=O) groups is 1. The van der Waals surface area contributed by atoms with E-state index in [1.54, 1.807) is 6.08 Å². The van der Waals surface area contributed by atoms with Gasteiger partial charge in [-0.3, -0.25) is 0 Å². The Labute approximate surface area is 172 Å². The molecule has 27 heavy (non-hydrogen) atoms. The zero-order valence-electron chi connectivity index (χ0n) is 15.4. The number of hydrogen-bond acceptors (Lipinski definition) is 5. The predicted octanol–water partition coefficient (Wildman–Crippen LogP) is 4.82. The summed E-state index contributed by atoms with van der Waals surface area (Å²) in [5, 5.41) is 0. The monoisotopic (exact) mass is 477 g/mol. The topological polar surface area (TPSA) is 57.1 Å². The van der Waals surface area contributed by atoms with Gasteiger partial charge in [0.2, 0.25) is 5.90 Å². The molecule has 1 aliphatic rings. The van der Waals surface area contributed by atoms with E-state index in [1.807, 2.05) is 63.2 Å². The molecule has 0 bridgehead atoms. The van der Waals surface area contributed by atoms with Crippen LogP contribution in [-0.2, 0) is 9.53 Å². The standard InChI is InChI=1S/C21H20INO4/c1-4-25-19-12-14(5-10-18(19)26-13(2)3)11-17-21(24)27-20(23-17)15-6-8-16(22)9-7-15/h5-13H,4H2,1-3H3. The van der Waals surface area contributed by atoms with Crippen LogP contribution in [0.3, 0.4) is 0 Å². The molecule has 3 rings (SSSR count). The van der Waals surface area contributed by atoms with E-state index < -0.39 is 5.97 Å². The van der Waals surface area contributed by atoms with Gasteiger partial charge in [-0.05, 0) is 91.4 Å². The fourth-order valence-electron chi connectivity index (χ4n) is 2.52. The Morgan fingerprint density at radius 2 is 1.89 bits per heavy atom. The van der Waals surface area contributed by atoms with E-state index in [0.29, 0.717) is 24.0 Å². The fraction of sp³-hybridized carbons (Fsp3) is 0.238. The maximum atomic E-state index is 12.2. The lowest BCUT2D eigenvalue weighted by Gasteiger charge is -2.14. The van der Waals surface area contributed by atoms with E-state index in [9.17, 15) is 4.79 Å². The minimum Gasteiger partial charge on any atom is -0.490 e. The van der Waals surface area contributed by atoms with Crippen LogP contribution in [0.2, 0.25) is 0 Å². The molecule has 0 saturated carbocycles. The minimum absolute atomic E-state index is 0.0410. The predicted molar refractivity (Wildman–Crippen MR) is 113 cm³/mol. The molecule has 0 saturated heterocycles. The number of aliphatic imine (C=N–C) groups is 1. The van der Waals surface area contributed by atoms with Crippen LogP contribution in [-0.4, -0.2) is 24.6 Å². The third kappa shape index (κ3) is 4.88. The van der Waals surface area contributed by atoms with Gasteiger partial charge < -0.3 is 14.2 Å². The summed E-state index contributed by atoms with van der Waals surface area (Å²) in [7, 11) is 0. The summed E-state index contributed by atoms with van der Waals surface area (Å²) in [6, 6.07) is 13.2. The van der Waals surface area contributed by atoms with E-state index in [-0.39, 0.29) is 11.8 Å². The third-order valence-electron chi connectivity index (χ3n) is 3.65. The molecule has 2 aromatic rings. The van der Waals surface area contributed by atoms with Crippen LogP contribution >= 0.6 is 22.6 Å². The molecule has 0 aromatic heterocycles. The Morgan fingerprint density at radius 3 is 2.56 bits per heavy atom. The van der Waals surface area contributed by atoms with Crippen LogP contribution in [0.15, 0.2) is 53.2 Å². The second-order valence-electron chi connectivity index (χ2n) is 6.15. The van der Waals surface area contributed by atoms with Gasteiger partial charge in [0.25, 0.3) is 0 Å². The second kappa shape index (κ2) is 8.56. The Bertz CT molecular complexity index is 901. The van der Waals surface area contributed by atoms with Crippen LogP contribution in [0.25, 0.3) is 6.08 Å². The van der Waals surface area contributed by atoms with Gasteiger partial charge in [-0.15, -0.1) is 0 Å². The van der Waals surface area contributed by atoms with Crippen molar-refractivity contribution in [2.45, 2.75) is 26.9 Å². The Balaban J connectivity index is 1.89. The normalized spacial score (nSPS) is 15.1. The number of ether oxygens (including phenoxy) is 3. The highest BCUT2D eigenvalue weighted by atomic mass is 127. The molecule has 0 unspecified atom stereocenters. The Kier molecular flexibility index (Phi) is 6.15. The van der Waals surface area contributed by atoms with Crippen molar-refractivity contribution in [2.24, 2.45) is 4.99 Å². The van der Waals surface area contributed by atoms with E-state index in [0.717, 1.165) is 14.7 Å². The molecule has 0 N–H and O–H groups in total. The van der Waals surface area contributed by atoms with Gasteiger partial charge in [-0.2, -0.15) is 0 Å². The van der Waals surface area contributed by atoms with Gasteiger partial charge >= 0.3 is 5.97 Å². The second-order valence-corrected chi connectivity index (χ2v) is 7.39. The van der Waals surface area contributed by atoms with Gasteiger partial charge in [-0.25, -0.2) is 9.79 Å². The molecule has 0 aliphatic carbocycles. The molecule has 0 amide bonds. The molecule has 6 heteroatoms. The van der Waals surface area contributed by atoms with Crippen molar-refractivity contribution in [1.82, 2.24) is 0 Å². The average Bonchev–Trinajstić information content (AvgIpc) is 2.98. The first-order valence-electron chi connectivity index (χ1n) is 8.68. The first-order valence-corrected chi connectivity index (χ1v) is 9.76. The summed E-state index contributed by atoms with van der Waals surface area (Å²) in [4.78, 5) is 16.5. The number of carbonyl (C=O) groups excluding carboxylic acids is 1. The molecule has 0 radical (unpaired) electrons. The summed E-state index contributed by atoms with van der Waals surface area (Å²) in [6.45, 7) is 6.35. The number of hydrogen-bond donors (Lipinski definition) is 0. The van der Waals surface area contributed by atoms with E-state index in [2.05, 4.69) is 27.6 Å². The summed E-state index contributed by atoms with van der Waals surface area (Å²) < 4.78 is 17.8. The number of benzene rings is 2. The lowest BCUT2D eigenvalue weighted by Crippen LogP contribution is -2.07. The zero-order chi connectivity index (χ0) is 19.4. The summed E-state index contributed by atoms with van der Waals surface area (Å²) in [6.07, 6.45) is 1.73. The molecule has 0 fully saturated rings. The molecule has 0 atom stereocenters. The Morgan fingerprint density at radius 1 is 1.15 bits per heavy atom. The smallest absolute Gasteiger partial charge is 0.363 e. The number of nitrogens with zero attached hydrogens (tertiary/aromatic N) is 1. The first kappa shape index (κ1) is 19.4. The highest BCUT2D eigenvalue weighted by molar-refractivity contribution is 14.1. The van der Waals surface area contributed by atoms with Crippen LogP contribution in [0, 0.1) is 3.57 Å². The highest BCUT2D eigenvalue weighted by Gasteiger charge is 2.24. The van der Waals surface area contributed by atoms with Crippen LogP contribution < -0.4 is 9.47 Å². The Hall–Kier alpha value is -2.35. The van der Waals surface area contributed by atoms with Crippen molar-refractivity contribution in [3.05, 3.63) is 62.9 Å². The maximum absolute atomic E-state index is 12.2. The largest absolute Gasteiger partial charge is 0.490 e. The van der Waals surface area contributed by atoms with Crippen LogP contribution in [0.4, 0.5) is 0 Å². The molecule has 0 spiro atoms. The molecule has 1 aliphatic heterocycles. The van der Waals surface area contributed by atoms with Gasteiger partial charge in [0.15, 0.2) is 17.2 Å². The molecular weight excluding hydrogens is 457 g/mol. The van der Waals surface area contributed by atoms with Gasteiger partial charge in [0.1, 0.15) is 0 Å². The SMILES string of the molecule is CCOc1cc(C=C2N=C(c3ccc(I)cc3)OC2=O)ccc1OC(C)C. The average molecular weight is 477 g/mol. The van der Waals surface area contributed by atoms with E-state index >= 15 is 0 Å². The van der Waals surface area contributed by atoms with Crippen molar-refractivity contribution < 1.29 is 19.0 Å². The van der Waals surface area contributed by atoms with Gasteiger partial charge in [0, 0.05) is 9.13 Å². The maximum Gasteiger partial charge on any atom is 0.363 e. The summed E-state index contributed by atoms with van der Waals surface area (Å²) in [5.74, 6) is 1.15. The van der Waals surface area contributed by atoms with Crippen molar-refractivity contribution in [3.63, 3.8) is 0 Å². The van der Waals surface area contributed by atoms with Crippen molar-refractivity contribution in [3.8, 4) is 11.5 Å². The molecule has 2 aromatic carbocycles. The number of esters is 1. The molecule has 1 heterocycles. The van der Waals surface area contributed by atoms with Crippen molar-refractivity contribution in [1.29, 1.82) is 0 Å². The third-order valence-corrected chi connectivity index (χ3v) is 4.36. The first-order chi connectivity index (χ1) is 13.0. The molecule has 140 valence electrons. The molecule has 5 nitrogen and oxygen atoms in total.